The first-order chi connectivity index (χ1) is 18.1. The number of carbonyl (C=O) groups is 1. The van der Waals surface area contributed by atoms with Gasteiger partial charge >= 0.3 is 0 Å². The maximum absolute atomic E-state index is 13.9. The molecule has 2 N–H and O–H groups in total. The van der Waals surface area contributed by atoms with Crippen LogP contribution in [0, 0.1) is 0 Å². The van der Waals surface area contributed by atoms with E-state index in [0.717, 1.165) is 49.0 Å². The molecule has 0 bridgehead atoms. The minimum atomic E-state index is -1.20. The number of aliphatic imine (C=N–C) groups is 1. The van der Waals surface area contributed by atoms with E-state index in [1.54, 1.807) is 0 Å². The lowest BCUT2D eigenvalue weighted by Gasteiger charge is -2.33. The van der Waals surface area contributed by atoms with Crippen molar-refractivity contribution in [3.05, 3.63) is 75.7 Å². The Morgan fingerprint density at radius 1 is 1.22 bits per heavy atom. The molecule has 0 unspecified atom stereocenters. The topological polar surface area (TPSA) is 132 Å². The number of benzene rings is 2. The molecule has 1 amide bonds. The van der Waals surface area contributed by atoms with Crippen LogP contribution >= 0.6 is 0 Å². The first-order valence-electron chi connectivity index (χ1n) is 12.8. The number of carbonyl (C=O) groups excluding carboxylic acids is 1. The van der Waals surface area contributed by atoms with Crippen LogP contribution in [-0.4, -0.2) is 59.9 Å². The van der Waals surface area contributed by atoms with Crippen LogP contribution in [0.3, 0.4) is 0 Å². The van der Waals surface area contributed by atoms with E-state index >= 15 is 0 Å². The molecule has 0 saturated carbocycles. The van der Waals surface area contributed by atoms with Crippen LogP contribution in [0.2, 0.25) is 0 Å². The molecule has 2 aromatic rings. The second kappa shape index (κ2) is 12.6. The van der Waals surface area contributed by atoms with E-state index in [-0.39, 0.29) is 19.1 Å². The van der Waals surface area contributed by atoms with Gasteiger partial charge in [0.15, 0.2) is 5.54 Å². The van der Waals surface area contributed by atoms with Crippen LogP contribution < -0.4 is 10.2 Å². The highest BCUT2D eigenvalue weighted by Gasteiger charge is 2.51. The van der Waals surface area contributed by atoms with E-state index < -0.39 is 11.6 Å². The normalized spacial score (nSPS) is 21.5. The van der Waals surface area contributed by atoms with E-state index in [4.69, 9.17) is 25.1 Å². The minimum absolute atomic E-state index is 0.0776. The molecule has 2 atom stereocenters. The number of azide groups is 1. The molecular formula is C27H34N6O4. The van der Waals surface area contributed by atoms with E-state index in [0.29, 0.717) is 31.1 Å². The first kappa shape index (κ1) is 26.5. The Kier molecular flexibility index (Phi) is 9.00. The van der Waals surface area contributed by atoms with Gasteiger partial charge in [0.1, 0.15) is 11.9 Å². The predicted octanol–water partition coefficient (Wildman–Crippen LogP) is 3.92. The van der Waals surface area contributed by atoms with Crippen molar-refractivity contribution < 1.29 is 19.4 Å². The maximum Gasteiger partial charge on any atom is 0.266 e. The number of amides is 1. The van der Waals surface area contributed by atoms with Gasteiger partial charge in [-0.1, -0.05) is 35.8 Å². The lowest BCUT2D eigenvalue weighted by atomic mass is 9.84. The number of ether oxygens (including phenoxy) is 2. The molecule has 4 rings (SSSR count). The molecule has 37 heavy (non-hydrogen) atoms. The number of nitrogens with zero attached hydrogens (tertiary/aromatic N) is 5. The van der Waals surface area contributed by atoms with Gasteiger partial charge in [-0.2, -0.15) is 0 Å². The first-order valence-corrected chi connectivity index (χ1v) is 12.8. The summed E-state index contributed by atoms with van der Waals surface area (Å²) in [4.78, 5) is 21.7. The molecule has 2 aliphatic heterocycles. The molecule has 2 heterocycles. The summed E-state index contributed by atoms with van der Waals surface area (Å²) in [5, 5.41) is 14.7. The molecule has 10 heteroatoms. The van der Waals surface area contributed by atoms with Gasteiger partial charge in [0, 0.05) is 43.0 Å². The van der Waals surface area contributed by atoms with Gasteiger partial charge in [0.25, 0.3) is 5.91 Å². The highest BCUT2D eigenvalue weighted by atomic mass is 16.5. The van der Waals surface area contributed by atoms with Crippen LogP contribution in [0.1, 0.15) is 49.3 Å². The van der Waals surface area contributed by atoms with Crippen molar-refractivity contribution in [2.45, 2.75) is 57.2 Å². The van der Waals surface area contributed by atoms with Crippen molar-refractivity contribution >= 4 is 11.8 Å². The zero-order chi connectivity index (χ0) is 26.1. The molecule has 0 radical (unpaired) electrons. The Hall–Kier alpha value is -3.59. The van der Waals surface area contributed by atoms with Crippen molar-refractivity contribution in [2.24, 2.45) is 10.1 Å². The van der Waals surface area contributed by atoms with E-state index in [9.17, 15) is 4.79 Å². The summed E-state index contributed by atoms with van der Waals surface area (Å²) < 4.78 is 11.8. The van der Waals surface area contributed by atoms with Crippen LogP contribution in [0.4, 0.5) is 0 Å². The van der Waals surface area contributed by atoms with Crippen molar-refractivity contribution in [1.29, 1.82) is 0 Å². The number of nitrogens with one attached hydrogen (secondary N) is 1. The van der Waals surface area contributed by atoms with Gasteiger partial charge in [-0.25, -0.2) is 10.0 Å². The molecule has 1 fully saturated rings. The Labute approximate surface area is 216 Å². The van der Waals surface area contributed by atoms with Crippen LogP contribution in [0.25, 0.3) is 10.4 Å². The number of hydrogen-bond donors (Lipinski definition) is 2. The second-order valence-corrected chi connectivity index (χ2v) is 9.37. The summed E-state index contributed by atoms with van der Waals surface area (Å²) in [5.41, 5.74) is 13.2. The summed E-state index contributed by atoms with van der Waals surface area (Å²) in [5.74, 6) is 0.875. The highest BCUT2D eigenvalue weighted by Crippen LogP contribution is 2.34. The van der Waals surface area contributed by atoms with E-state index in [1.807, 2.05) is 60.5 Å². The lowest BCUT2D eigenvalue weighted by Crippen LogP contribution is -2.57. The Morgan fingerprint density at radius 2 is 1.95 bits per heavy atom. The summed E-state index contributed by atoms with van der Waals surface area (Å²) in [6.07, 6.45) is 3.57. The van der Waals surface area contributed by atoms with Gasteiger partial charge in [-0.3, -0.25) is 10.2 Å². The summed E-state index contributed by atoms with van der Waals surface area (Å²) in [6, 6.07) is 15.0. The Balaban J connectivity index is 1.65. The third-order valence-corrected chi connectivity index (χ3v) is 6.83. The molecule has 2 aliphatic rings. The number of rotatable bonds is 11. The molecule has 0 aliphatic carbocycles. The van der Waals surface area contributed by atoms with Crippen molar-refractivity contribution in [1.82, 2.24) is 10.4 Å². The van der Waals surface area contributed by atoms with Crippen molar-refractivity contribution in [3.63, 3.8) is 0 Å². The highest BCUT2D eigenvalue weighted by molar-refractivity contribution is 6.00. The zero-order valence-corrected chi connectivity index (χ0v) is 21.2. The van der Waals surface area contributed by atoms with Gasteiger partial charge in [0.05, 0.1) is 13.2 Å². The van der Waals surface area contributed by atoms with Crippen molar-refractivity contribution in [2.75, 3.05) is 26.3 Å². The molecule has 1 saturated heterocycles. The number of hydrazine groups is 1. The number of aliphatic hydroxyl groups is 1. The fourth-order valence-electron chi connectivity index (χ4n) is 4.67. The van der Waals surface area contributed by atoms with Gasteiger partial charge < -0.3 is 14.6 Å². The third-order valence-electron chi connectivity index (χ3n) is 6.83. The maximum atomic E-state index is 13.9. The average Bonchev–Trinajstić information content (AvgIpc) is 3.26. The van der Waals surface area contributed by atoms with Crippen molar-refractivity contribution in [3.8, 4) is 5.75 Å². The number of aliphatic hydroxyl groups excluding tert-OH is 1. The monoisotopic (exact) mass is 506 g/mol. The number of hydrogen-bond acceptors (Lipinski definition) is 7. The molecule has 0 aromatic heterocycles. The molecule has 196 valence electrons. The standard InChI is InChI=1S/C27H34N6O4/c1-20-27(26(35)31-33-14-5-2-6-15-33,18-22-8-3-4-9-23(22)19-29-32-28)30-25(37-20)21-10-12-24(13-11-21)36-17-7-16-34/h3-4,8-13,20,34H,2,5-7,14-19H2,1H3,(H,31,35)/t20-,27-/m0/s1. The van der Waals surface area contributed by atoms with Gasteiger partial charge in [-0.05, 0) is 60.7 Å². The van der Waals surface area contributed by atoms with Crippen LogP contribution in [0.5, 0.6) is 5.75 Å². The molecule has 2 aromatic carbocycles. The Bertz CT molecular complexity index is 1140. The Morgan fingerprint density at radius 3 is 2.65 bits per heavy atom. The van der Waals surface area contributed by atoms with Crippen LogP contribution in [0.15, 0.2) is 58.6 Å². The van der Waals surface area contributed by atoms with E-state index in [2.05, 4.69) is 15.5 Å². The molecule has 10 nitrogen and oxygen atoms in total. The third kappa shape index (κ3) is 6.40. The minimum Gasteiger partial charge on any atom is -0.494 e. The molecular weight excluding hydrogens is 472 g/mol. The van der Waals surface area contributed by atoms with E-state index in [1.165, 1.54) is 0 Å². The van der Waals surface area contributed by atoms with Gasteiger partial charge in [0.2, 0.25) is 5.90 Å². The summed E-state index contributed by atoms with van der Waals surface area (Å²) >= 11 is 0. The smallest absolute Gasteiger partial charge is 0.266 e. The van der Waals surface area contributed by atoms with Gasteiger partial charge in [-0.15, -0.1) is 0 Å². The number of piperidine rings is 1. The quantitative estimate of drug-likeness (QED) is 0.206. The fourth-order valence-corrected chi connectivity index (χ4v) is 4.67. The zero-order valence-electron chi connectivity index (χ0n) is 21.2. The molecule has 0 spiro atoms. The average molecular weight is 507 g/mol. The predicted molar refractivity (Wildman–Crippen MR) is 140 cm³/mol. The largest absolute Gasteiger partial charge is 0.494 e. The summed E-state index contributed by atoms with van der Waals surface area (Å²) in [7, 11) is 0. The van der Waals surface area contributed by atoms with Crippen LogP contribution in [-0.2, 0) is 22.5 Å². The second-order valence-electron chi connectivity index (χ2n) is 9.37. The lowest BCUT2D eigenvalue weighted by molar-refractivity contribution is -0.134. The summed E-state index contributed by atoms with van der Waals surface area (Å²) in [6.45, 7) is 4.18. The SMILES string of the molecule is C[C@@H]1OC(c2ccc(OCCCO)cc2)=N[C@]1(Cc1ccccc1CN=[N+]=[N-])C(=O)NN1CCCCC1. The fraction of sp³-hybridized carbons (Fsp3) is 0.481.